The molecule has 0 heterocycles. The maximum atomic E-state index is 10.4. The molecule has 0 saturated heterocycles. The van der Waals surface area contributed by atoms with Crippen LogP contribution >= 0.6 is 7.94 Å². The third-order valence-electron chi connectivity index (χ3n) is 4.20. The SMILES string of the molecule is CCCCC(CC)C[P+](O)(O)Oc1ccc(CC)cc1CC. The molecule has 0 aliphatic carbocycles. The minimum atomic E-state index is -3.34. The number of hydrogen-bond donors (Lipinski definition) is 2. The number of hydrogen-bond acceptors (Lipinski definition) is 3. The number of benzene rings is 1. The van der Waals surface area contributed by atoms with Gasteiger partial charge in [-0.3, -0.25) is 4.52 Å². The molecule has 0 aliphatic rings. The Hall–Kier alpha value is -0.630. The van der Waals surface area contributed by atoms with Crippen LogP contribution in [0.25, 0.3) is 0 Å². The molecule has 0 aliphatic heterocycles. The van der Waals surface area contributed by atoms with Crippen molar-refractivity contribution in [3.05, 3.63) is 29.3 Å². The molecule has 126 valence electrons. The molecular weight excluding hydrogens is 295 g/mol. The first-order valence-corrected chi connectivity index (χ1v) is 10.4. The van der Waals surface area contributed by atoms with Crippen LogP contribution in [-0.2, 0) is 12.8 Å². The summed E-state index contributed by atoms with van der Waals surface area (Å²) in [6, 6.07) is 5.98. The van der Waals surface area contributed by atoms with Crippen molar-refractivity contribution in [2.24, 2.45) is 5.92 Å². The molecule has 22 heavy (non-hydrogen) atoms. The van der Waals surface area contributed by atoms with E-state index in [-0.39, 0.29) is 0 Å². The fraction of sp³-hybridized carbons (Fsp3) is 0.667. The molecule has 0 fully saturated rings. The normalized spacial score (nSPS) is 13.2. The quantitative estimate of drug-likeness (QED) is 0.584. The fourth-order valence-electron chi connectivity index (χ4n) is 2.67. The second kappa shape index (κ2) is 9.50. The van der Waals surface area contributed by atoms with E-state index in [9.17, 15) is 9.79 Å². The van der Waals surface area contributed by atoms with Crippen molar-refractivity contribution >= 4 is 7.94 Å². The van der Waals surface area contributed by atoms with Crippen LogP contribution in [0.3, 0.4) is 0 Å². The first-order chi connectivity index (χ1) is 10.5. The van der Waals surface area contributed by atoms with Gasteiger partial charge < -0.3 is 0 Å². The summed E-state index contributed by atoms with van der Waals surface area (Å²) in [5, 5.41) is 0. The van der Waals surface area contributed by atoms with Gasteiger partial charge in [0.2, 0.25) is 0 Å². The van der Waals surface area contributed by atoms with Gasteiger partial charge in [-0.05, 0) is 42.9 Å². The summed E-state index contributed by atoms with van der Waals surface area (Å²) >= 11 is 0. The van der Waals surface area contributed by atoms with Gasteiger partial charge in [0, 0.05) is 5.92 Å². The molecule has 0 saturated carbocycles. The summed E-state index contributed by atoms with van der Waals surface area (Å²) in [5.41, 5.74) is 2.30. The lowest BCUT2D eigenvalue weighted by atomic mass is 10.0. The number of unbranched alkanes of at least 4 members (excludes halogenated alkanes) is 1. The van der Waals surface area contributed by atoms with Gasteiger partial charge in [0.05, 0.1) is 0 Å². The largest absolute Gasteiger partial charge is 0.452 e. The summed E-state index contributed by atoms with van der Waals surface area (Å²) in [5.74, 6) is 0.951. The van der Waals surface area contributed by atoms with E-state index >= 15 is 0 Å². The van der Waals surface area contributed by atoms with E-state index in [4.69, 9.17) is 4.52 Å². The molecule has 2 N–H and O–H groups in total. The second-order valence-electron chi connectivity index (χ2n) is 6.00. The number of rotatable bonds is 10. The van der Waals surface area contributed by atoms with Crippen molar-refractivity contribution in [3.63, 3.8) is 0 Å². The lowest BCUT2D eigenvalue weighted by Crippen LogP contribution is -2.14. The smallest absolute Gasteiger partial charge is 0.287 e. The average molecular weight is 327 g/mol. The van der Waals surface area contributed by atoms with Crippen molar-refractivity contribution in [2.75, 3.05) is 6.16 Å². The summed E-state index contributed by atoms with van der Waals surface area (Å²) in [4.78, 5) is 20.7. The first kappa shape index (κ1) is 19.4. The maximum Gasteiger partial charge on any atom is 0.452 e. The maximum absolute atomic E-state index is 10.4. The van der Waals surface area contributed by atoms with E-state index in [2.05, 4.69) is 33.8 Å². The molecule has 0 bridgehead atoms. The molecule has 0 aromatic heterocycles. The fourth-order valence-corrected chi connectivity index (χ4v) is 4.35. The minimum Gasteiger partial charge on any atom is -0.287 e. The van der Waals surface area contributed by atoms with Crippen LogP contribution in [-0.4, -0.2) is 15.9 Å². The van der Waals surface area contributed by atoms with E-state index in [1.54, 1.807) is 0 Å². The summed E-state index contributed by atoms with van der Waals surface area (Å²) in [6.45, 7) is 8.44. The zero-order valence-corrected chi connectivity index (χ0v) is 15.4. The predicted octanol–water partition coefficient (Wildman–Crippen LogP) is 5.15. The highest BCUT2D eigenvalue weighted by Gasteiger charge is 2.40. The van der Waals surface area contributed by atoms with E-state index in [0.717, 1.165) is 44.1 Å². The Labute approximate surface area is 136 Å². The highest BCUT2D eigenvalue weighted by Crippen LogP contribution is 2.54. The molecular formula is C18H32O3P+. The topological polar surface area (TPSA) is 49.7 Å². The van der Waals surface area contributed by atoms with Gasteiger partial charge in [-0.25, -0.2) is 0 Å². The van der Waals surface area contributed by atoms with Crippen LogP contribution in [0, 0.1) is 5.92 Å². The Morgan fingerprint density at radius 1 is 1.09 bits per heavy atom. The Bertz CT molecular complexity index is 446. The lowest BCUT2D eigenvalue weighted by molar-refractivity contribution is 0.321. The van der Waals surface area contributed by atoms with E-state index < -0.39 is 7.94 Å². The molecule has 1 atom stereocenters. The van der Waals surface area contributed by atoms with Gasteiger partial charge in [-0.15, -0.1) is 0 Å². The van der Waals surface area contributed by atoms with Crippen LogP contribution in [0.4, 0.5) is 0 Å². The lowest BCUT2D eigenvalue weighted by Gasteiger charge is -2.19. The predicted molar refractivity (Wildman–Crippen MR) is 95.4 cm³/mol. The third-order valence-corrected chi connectivity index (χ3v) is 5.68. The van der Waals surface area contributed by atoms with Crippen molar-refractivity contribution in [1.29, 1.82) is 0 Å². The van der Waals surface area contributed by atoms with Gasteiger partial charge in [-0.1, -0.05) is 52.7 Å². The van der Waals surface area contributed by atoms with Gasteiger partial charge in [-0.2, -0.15) is 9.79 Å². The van der Waals surface area contributed by atoms with E-state index in [1.807, 2.05) is 12.1 Å². The summed E-state index contributed by atoms with van der Waals surface area (Å²) < 4.78 is 5.66. The molecule has 1 unspecified atom stereocenters. The van der Waals surface area contributed by atoms with Crippen LogP contribution in [0.1, 0.15) is 64.5 Å². The molecule has 0 radical (unpaired) electrons. The van der Waals surface area contributed by atoms with Gasteiger partial charge >= 0.3 is 7.94 Å². The first-order valence-electron chi connectivity index (χ1n) is 8.60. The van der Waals surface area contributed by atoms with Crippen molar-refractivity contribution < 1.29 is 14.3 Å². The molecule has 4 heteroatoms. The van der Waals surface area contributed by atoms with E-state index in [0.29, 0.717) is 17.8 Å². The summed E-state index contributed by atoms with van der Waals surface area (Å²) in [7, 11) is -3.34. The van der Waals surface area contributed by atoms with Crippen LogP contribution in [0.5, 0.6) is 5.75 Å². The highest BCUT2D eigenvalue weighted by atomic mass is 31.2. The third kappa shape index (κ3) is 6.24. The van der Waals surface area contributed by atoms with Crippen molar-refractivity contribution in [2.45, 2.75) is 66.2 Å². The molecule has 0 amide bonds. The zero-order valence-electron chi connectivity index (χ0n) is 14.5. The monoisotopic (exact) mass is 327 g/mol. The molecule has 0 spiro atoms. The van der Waals surface area contributed by atoms with Crippen molar-refractivity contribution in [3.8, 4) is 5.75 Å². The Morgan fingerprint density at radius 2 is 1.82 bits per heavy atom. The van der Waals surface area contributed by atoms with Crippen LogP contribution in [0.2, 0.25) is 0 Å². The molecule has 1 rings (SSSR count). The highest BCUT2D eigenvalue weighted by molar-refractivity contribution is 7.60. The second-order valence-corrected chi connectivity index (χ2v) is 7.88. The Kier molecular flexibility index (Phi) is 8.38. The average Bonchev–Trinajstić information content (AvgIpc) is 2.51. The molecule has 1 aromatic rings. The summed E-state index contributed by atoms with van der Waals surface area (Å²) in [6.07, 6.45) is 6.43. The Balaban J connectivity index is 2.78. The standard InChI is InChI=1S/C18H32O3P/c1-5-9-10-16(7-3)14-22(19,20)21-18-12-11-15(6-2)13-17(18)8-4/h11-13,16,19-20H,5-10,14H2,1-4H3/q+1. The van der Waals surface area contributed by atoms with Gasteiger partial charge in [0.25, 0.3) is 0 Å². The molecule has 3 nitrogen and oxygen atoms in total. The minimum absolute atomic E-state index is 0.322. The van der Waals surface area contributed by atoms with Crippen LogP contribution in [0.15, 0.2) is 18.2 Å². The van der Waals surface area contributed by atoms with Gasteiger partial charge in [0.1, 0.15) is 0 Å². The zero-order chi connectivity index (χ0) is 16.6. The Morgan fingerprint density at radius 3 is 2.36 bits per heavy atom. The number of aryl methyl sites for hydroxylation is 2. The van der Waals surface area contributed by atoms with E-state index in [1.165, 1.54) is 5.56 Å². The van der Waals surface area contributed by atoms with Gasteiger partial charge in [0.15, 0.2) is 11.9 Å². The molecule has 1 aromatic carbocycles. The van der Waals surface area contributed by atoms with Crippen molar-refractivity contribution in [1.82, 2.24) is 0 Å². The van der Waals surface area contributed by atoms with Crippen LogP contribution < -0.4 is 4.52 Å².